The van der Waals surface area contributed by atoms with Gasteiger partial charge in [0.2, 0.25) is 23.5 Å². The van der Waals surface area contributed by atoms with E-state index in [0.29, 0.717) is 31.4 Å². The van der Waals surface area contributed by atoms with Crippen LogP contribution in [0, 0.1) is 17.8 Å². The normalized spacial score (nSPS) is 15.3. The van der Waals surface area contributed by atoms with Gasteiger partial charge in [0.25, 0.3) is 5.91 Å². The van der Waals surface area contributed by atoms with Gasteiger partial charge in [0.15, 0.2) is 6.04 Å². The molecular weight excluding hydrogens is 769 g/mol. The van der Waals surface area contributed by atoms with E-state index in [9.17, 15) is 43.5 Å². The van der Waals surface area contributed by atoms with Gasteiger partial charge in [-0.05, 0) is 55.0 Å². The highest BCUT2D eigenvalue weighted by Gasteiger charge is 2.37. The number of ether oxygens (including phenoxy) is 2. The number of benzene rings is 1. The highest BCUT2D eigenvalue weighted by atomic mass is 28.3. The third kappa shape index (κ3) is 17.6. The molecule has 17 nitrogen and oxygen atoms in total. The minimum absolute atomic E-state index is 0.0364. The van der Waals surface area contributed by atoms with E-state index in [4.69, 9.17) is 9.47 Å². The number of hydrogen-bond donors (Lipinski definition) is 6. The van der Waals surface area contributed by atoms with E-state index in [1.807, 2.05) is 27.7 Å². The summed E-state index contributed by atoms with van der Waals surface area (Å²) in [6, 6.07) is 3.79. The van der Waals surface area contributed by atoms with Gasteiger partial charge in [0, 0.05) is 21.2 Å². The number of piperidine rings is 1. The van der Waals surface area contributed by atoms with Gasteiger partial charge in [-0.1, -0.05) is 91.0 Å². The van der Waals surface area contributed by atoms with Crippen LogP contribution in [-0.2, 0) is 38.2 Å². The van der Waals surface area contributed by atoms with Crippen LogP contribution in [0.25, 0.3) is 0 Å². The predicted molar refractivity (Wildman–Crippen MR) is 218 cm³/mol. The topological polar surface area (TPSA) is 239 Å². The van der Waals surface area contributed by atoms with Crippen LogP contribution in [0.1, 0.15) is 78.3 Å². The smallest absolute Gasteiger partial charge is 0.409 e. The van der Waals surface area contributed by atoms with Crippen LogP contribution >= 0.6 is 0 Å². The first kappa shape index (κ1) is 49.1. The highest BCUT2D eigenvalue weighted by Crippen LogP contribution is 2.23. The maximum atomic E-state index is 14.0. The molecule has 1 fully saturated rings. The molecular formula is C40H64N6O11Si. The van der Waals surface area contributed by atoms with Crippen molar-refractivity contribution >= 4 is 55.6 Å². The molecule has 1 saturated heterocycles. The number of rotatable bonds is 22. The van der Waals surface area contributed by atoms with E-state index in [0.717, 1.165) is 6.04 Å². The van der Waals surface area contributed by atoms with Crippen molar-refractivity contribution in [2.75, 3.05) is 32.8 Å². The Balaban J connectivity index is 2.15. The van der Waals surface area contributed by atoms with E-state index in [-0.39, 0.29) is 44.4 Å². The number of hydrogen-bond acceptors (Lipinski definition) is 10. The van der Waals surface area contributed by atoms with Crippen molar-refractivity contribution in [1.82, 2.24) is 31.5 Å². The second-order valence-corrected chi connectivity index (χ2v) is 22.3. The molecule has 58 heavy (non-hydrogen) atoms. The fourth-order valence-electron chi connectivity index (χ4n) is 6.10. The zero-order chi connectivity index (χ0) is 43.6. The second kappa shape index (κ2) is 24.0. The van der Waals surface area contributed by atoms with Crippen LogP contribution in [0.15, 0.2) is 30.3 Å². The third-order valence-electron chi connectivity index (χ3n) is 9.32. The number of nitrogens with one attached hydrogen (secondary N) is 5. The van der Waals surface area contributed by atoms with Gasteiger partial charge in [-0.25, -0.2) is 14.4 Å². The van der Waals surface area contributed by atoms with Crippen molar-refractivity contribution in [2.24, 2.45) is 17.8 Å². The first-order chi connectivity index (χ1) is 27.2. The van der Waals surface area contributed by atoms with E-state index >= 15 is 0 Å². The van der Waals surface area contributed by atoms with Gasteiger partial charge in [-0.3, -0.25) is 24.0 Å². The maximum absolute atomic E-state index is 14.0. The van der Waals surface area contributed by atoms with Gasteiger partial charge in [0.05, 0.1) is 25.8 Å². The summed E-state index contributed by atoms with van der Waals surface area (Å²) in [5, 5.41) is 22.1. The monoisotopic (exact) mass is 832 g/mol. The molecule has 4 atom stereocenters. The van der Waals surface area contributed by atoms with Gasteiger partial charge in [-0.2, -0.15) is 0 Å². The molecule has 0 saturated carbocycles. The summed E-state index contributed by atoms with van der Waals surface area (Å²) < 4.78 is 10.8. The van der Waals surface area contributed by atoms with Crippen LogP contribution in [0.5, 0.6) is 0 Å². The SMILES string of the molecule is CCCC(NC(=O)[C@H](CC(C)C)NC(=O)[C@@H](NC(=O)OCC(C)C)C1CCN(C(=O)OCC[Si](C)(C)C)CC1)C(=O)C(=O)NCC(=O)N[C@H](C(=O)O)c1ccccc1. The minimum atomic E-state index is -1.41. The van der Waals surface area contributed by atoms with Gasteiger partial charge < -0.3 is 46.1 Å². The molecule has 1 aliphatic heterocycles. The lowest BCUT2D eigenvalue weighted by Crippen LogP contribution is -2.59. The average Bonchev–Trinajstić information content (AvgIpc) is 3.16. The van der Waals surface area contributed by atoms with E-state index in [1.54, 1.807) is 30.0 Å². The molecule has 18 heteroatoms. The molecule has 6 N–H and O–H groups in total. The molecule has 0 aliphatic carbocycles. The number of likely N-dealkylation sites (tertiary alicyclic amines) is 1. The molecule has 324 valence electrons. The van der Waals surface area contributed by atoms with Crippen LogP contribution in [0.4, 0.5) is 9.59 Å². The Hall–Kier alpha value is -5.00. The Kier molecular flexibility index (Phi) is 20.4. The standard InChI is InChI=1S/C40H64N6O11Si/c1-9-13-29(34(48)37(51)41-23-31(47)44-33(38(52)53)27-14-11-10-12-15-27)42-35(49)30(22-25(2)3)43-36(50)32(45-39(54)57-24-26(4)5)28-16-18-46(19-17-28)40(55)56-20-21-58(6,7)8/h10-12,14-15,25-26,28-30,32-33H,9,13,16-24H2,1-8H3,(H,41,51)(H,42,49)(H,43,50)(H,44,47)(H,45,54)(H,52,53)/t29?,30-,32-,33-/m0/s1. The molecule has 0 spiro atoms. The van der Waals surface area contributed by atoms with Gasteiger partial charge >= 0.3 is 18.2 Å². The molecule has 1 aliphatic rings. The lowest BCUT2D eigenvalue weighted by molar-refractivity contribution is -0.142. The number of carboxylic acids is 1. The quantitative estimate of drug-likeness (QED) is 0.0732. The van der Waals surface area contributed by atoms with E-state index in [2.05, 4.69) is 46.2 Å². The Labute approximate surface area is 342 Å². The molecule has 1 aromatic carbocycles. The van der Waals surface area contributed by atoms with E-state index < -0.39 is 92.3 Å². The summed E-state index contributed by atoms with van der Waals surface area (Å²) in [7, 11) is -1.41. The van der Waals surface area contributed by atoms with E-state index in [1.165, 1.54) is 12.1 Å². The number of carbonyl (C=O) groups is 8. The number of nitrogens with zero attached hydrogens (tertiary/aromatic N) is 1. The summed E-state index contributed by atoms with van der Waals surface area (Å²) in [4.78, 5) is 106. The number of alkyl carbamates (subject to hydrolysis) is 1. The second-order valence-electron chi connectivity index (χ2n) is 16.7. The van der Waals surface area contributed by atoms with Crippen molar-refractivity contribution < 1.29 is 52.9 Å². The highest BCUT2D eigenvalue weighted by molar-refractivity contribution is 6.76. The van der Waals surface area contributed by atoms with Crippen LogP contribution in [-0.4, -0.2) is 117 Å². The first-order valence-electron chi connectivity index (χ1n) is 20.1. The summed E-state index contributed by atoms with van der Waals surface area (Å²) in [6.07, 6.45) is 0.0734. The number of Topliss-reactive ketones (excluding diaryl/α,β-unsaturated/α-hetero) is 1. The lowest BCUT2D eigenvalue weighted by atomic mass is 9.88. The van der Waals surface area contributed by atoms with Crippen molar-refractivity contribution in [1.29, 1.82) is 0 Å². The Morgan fingerprint density at radius 3 is 2.00 bits per heavy atom. The number of aliphatic carboxylic acids is 1. The molecule has 1 heterocycles. The molecule has 0 aromatic heterocycles. The van der Waals surface area contributed by atoms with Crippen LogP contribution in [0.2, 0.25) is 25.7 Å². The zero-order valence-corrected chi connectivity index (χ0v) is 36.2. The van der Waals surface area contributed by atoms with Crippen molar-refractivity contribution in [3.8, 4) is 0 Å². The molecule has 1 aromatic rings. The summed E-state index contributed by atoms with van der Waals surface area (Å²) in [5.41, 5.74) is 0.309. The average molecular weight is 833 g/mol. The van der Waals surface area contributed by atoms with Crippen molar-refractivity contribution in [3.63, 3.8) is 0 Å². The van der Waals surface area contributed by atoms with Crippen molar-refractivity contribution in [3.05, 3.63) is 35.9 Å². The summed E-state index contributed by atoms with van der Waals surface area (Å²) in [5.74, 6) is -6.26. The number of ketones is 1. The van der Waals surface area contributed by atoms with Gasteiger partial charge in [0.1, 0.15) is 12.1 Å². The number of amides is 6. The largest absolute Gasteiger partial charge is 0.479 e. The Bertz CT molecular complexity index is 1560. The molecule has 1 unspecified atom stereocenters. The molecule has 2 rings (SSSR count). The maximum Gasteiger partial charge on any atom is 0.409 e. The molecule has 6 amide bonds. The van der Waals surface area contributed by atoms with Crippen LogP contribution in [0.3, 0.4) is 0 Å². The van der Waals surface area contributed by atoms with Gasteiger partial charge in [-0.15, -0.1) is 0 Å². The predicted octanol–water partition coefficient (Wildman–Crippen LogP) is 3.37. The van der Waals surface area contributed by atoms with Crippen molar-refractivity contribution in [2.45, 2.75) is 117 Å². The first-order valence-corrected chi connectivity index (χ1v) is 23.8. The lowest BCUT2D eigenvalue weighted by Gasteiger charge is -2.35. The fourth-order valence-corrected chi connectivity index (χ4v) is 6.82. The van der Waals surface area contributed by atoms with Crippen LogP contribution < -0.4 is 26.6 Å². The minimum Gasteiger partial charge on any atom is -0.479 e. The molecule has 0 radical (unpaired) electrons. The number of carbonyl (C=O) groups excluding carboxylic acids is 7. The Morgan fingerprint density at radius 1 is 0.828 bits per heavy atom. The Morgan fingerprint density at radius 2 is 1.45 bits per heavy atom. The summed E-state index contributed by atoms with van der Waals surface area (Å²) in [6.45, 7) is 16.0. The third-order valence-corrected chi connectivity index (χ3v) is 11.0. The fraction of sp³-hybridized carbons (Fsp3) is 0.650. The number of carboxylic acid groups (broad SMARTS) is 1. The molecule has 0 bridgehead atoms. The summed E-state index contributed by atoms with van der Waals surface area (Å²) >= 11 is 0. The zero-order valence-electron chi connectivity index (χ0n) is 35.2.